The summed E-state index contributed by atoms with van der Waals surface area (Å²) in [7, 11) is -3.38. The van der Waals surface area contributed by atoms with Gasteiger partial charge < -0.3 is 20.1 Å². The maximum Gasteiger partial charge on any atom is 1.00 e. The number of nitrogens with two attached hydrogens (primary N) is 1. The summed E-state index contributed by atoms with van der Waals surface area (Å²) in [5.41, 5.74) is 5.10. The van der Waals surface area contributed by atoms with Gasteiger partial charge in [-0.2, -0.15) is 0 Å². The molecule has 1 unspecified atom stereocenters. The average molecular weight is 261 g/mol. The minimum atomic E-state index is -4.71. The van der Waals surface area contributed by atoms with Crippen molar-refractivity contribution in [3.63, 3.8) is 0 Å². The Morgan fingerprint density at radius 1 is 1.40 bits per heavy atom. The number of sulfone groups is 1. The number of hydrogen-bond donors (Lipinski definition) is 1. The molecular formula is C4H10Li2NO5PS2. The first kappa shape index (κ1) is 21.8. The van der Waals surface area contributed by atoms with Crippen LogP contribution in [0.4, 0.5) is 0 Å². The van der Waals surface area contributed by atoms with E-state index in [-0.39, 0.29) is 61.4 Å². The Morgan fingerprint density at radius 3 is 2.00 bits per heavy atom. The van der Waals surface area contributed by atoms with Crippen LogP contribution in [-0.2, 0) is 14.4 Å². The van der Waals surface area contributed by atoms with Crippen molar-refractivity contribution in [2.45, 2.75) is 5.25 Å². The van der Waals surface area contributed by atoms with Gasteiger partial charge in [-0.05, 0) is 6.80 Å². The number of rotatable bonds is 5. The molecule has 0 aromatic carbocycles. The maximum absolute atomic E-state index is 10.9. The molecule has 11 heteroatoms. The first-order valence-electron chi connectivity index (χ1n) is 3.22. The van der Waals surface area contributed by atoms with Crippen LogP contribution in [0.15, 0.2) is 0 Å². The van der Waals surface area contributed by atoms with E-state index in [0.717, 1.165) is 6.26 Å². The average Bonchev–Trinajstić information content (AvgIpc) is 1.82. The largest absolute Gasteiger partial charge is 1.00 e. The molecule has 15 heavy (non-hydrogen) atoms. The van der Waals surface area contributed by atoms with Crippen molar-refractivity contribution in [3.8, 4) is 0 Å². The Morgan fingerprint density at radius 2 is 1.80 bits per heavy atom. The summed E-state index contributed by atoms with van der Waals surface area (Å²) in [6.45, 7) is -4.89. The molecule has 1 atom stereocenters. The Labute approximate surface area is 117 Å². The molecule has 0 rings (SSSR count). The Hall–Kier alpha value is 1.60. The first-order valence-corrected chi connectivity index (χ1v) is 8.31. The predicted octanol–water partition coefficient (Wildman–Crippen LogP) is -8.07. The molecule has 0 aromatic heterocycles. The molecule has 0 bridgehead atoms. The molecule has 0 aromatic rings. The van der Waals surface area contributed by atoms with Gasteiger partial charge in [0, 0.05) is 18.6 Å². The molecule has 0 radical (unpaired) electrons. The molecule has 0 amide bonds. The third-order valence-corrected chi connectivity index (χ3v) is 5.33. The van der Waals surface area contributed by atoms with Crippen molar-refractivity contribution in [1.29, 1.82) is 0 Å². The Kier molecular flexibility index (Phi) is 12.6. The standard InChI is InChI=1S/C4H12NO5PS2.2Li/c1-13(9,10)4(2-5)3-12-11(6,7)8;;/h4H,2-3,5H2,1H3,(H2,6,7,8);;/q;2*+1/p-2. The molecule has 2 N–H and O–H groups in total. The van der Waals surface area contributed by atoms with Gasteiger partial charge in [0.2, 0.25) is 0 Å². The van der Waals surface area contributed by atoms with Crippen molar-refractivity contribution in [2.75, 3.05) is 18.6 Å². The van der Waals surface area contributed by atoms with Gasteiger partial charge in [0.1, 0.15) is 0 Å². The molecule has 0 fully saturated rings. The van der Waals surface area contributed by atoms with Crippen LogP contribution in [-0.4, -0.2) is 32.2 Å². The van der Waals surface area contributed by atoms with Crippen LogP contribution in [0.2, 0.25) is 0 Å². The summed E-state index contributed by atoms with van der Waals surface area (Å²) < 4.78 is 32.0. The van der Waals surface area contributed by atoms with Gasteiger partial charge in [0.15, 0.2) is 9.84 Å². The Bertz CT molecular complexity index is 304. The zero-order valence-electron chi connectivity index (χ0n) is 8.87. The van der Waals surface area contributed by atoms with Crippen LogP contribution in [0.25, 0.3) is 0 Å². The van der Waals surface area contributed by atoms with Crippen molar-refractivity contribution >= 4 is 28.0 Å². The summed E-state index contributed by atoms with van der Waals surface area (Å²) in [4.78, 5) is 20.4. The van der Waals surface area contributed by atoms with E-state index in [9.17, 15) is 22.8 Å². The van der Waals surface area contributed by atoms with Crippen LogP contribution in [0.1, 0.15) is 0 Å². The number of hydrogen-bond acceptors (Lipinski definition) is 7. The van der Waals surface area contributed by atoms with E-state index in [1.54, 1.807) is 0 Å². The fraction of sp³-hybridized carbons (Fsp3) is 1.00. The molecular weight excluding hydrogens is 251 g/mol. The fourth-order valence-corrected chi connectivity index (χ4v) is 3.96. The van der Waals surface area contributed by atoms with Gasteiger partial charge in [-0.15, -0.1) is 11.4 Å². The second-order valence-electron chi connectivity index (χ2n) is 2.43. The minimum absolute atomic E-state index is 0. The van der Waals surface area contributed by atoms with Crippen LogP contribution in [0, 0.1) is 0 Å². The third-order valence-electron chi connectivity index (χ3n) is 1.29. The summed E-state index contributed by atoms with van der Waals surface area (Å²) in [5.74, 6) is -0.306. The minimum Gasteiger partial charge on any atom is -0.803 e. The van der Waals surface area contributed by atoms with E-state index in [1.165, 1.54) is 0 Å². The molecule has 0 saturated heterocycles. The molecule has 0 spiro atoms. The molecule has 0 heterocycles. The summed E-state index contributed by atoms with van der Waals surface area (Å²) >= 11 is 0.0784. The van der Waals surface area contributed by atoms with Gasteiger partial charge in [-0.25, -0.2) is 8.42 Å². The van der Waals surface area contributed by atoms with Gasteiger partial charge in [0.05, 0.1) is 5.25 Å². The van der Waals surface area contributed by atoms with Gasteiger partial charge in [-0.1, -0.05) is 0 Å². The smallest absolute Gasteiger partial charge is 0.803 e. The van der Waals surface area contributed by atoms with E-state index in [1.807, 2.05) is 0 Å². The fourth-order valence-electron chi connectivity index (χ4n) is 0.541. The Balaban J connectivity index is -0.000000720. The van der Waals surface area contributed by atoms with E-state index in [0.29, 0.717) is 0 Å². The van der Waals surface area contributed by atoms with Gasteiger partial charge in [0.25, 0.3) is 0 Å². The molecule has 0 aliphatic heterocycles. The third kappa shape index (κ3) is 11.9. The van der Waals surface area contributed by atoms with Crippen molar-refractivity contribution < 1.29 is 60.5 Å². The predicted molar refractivity (Wildman–Crippen MR) is 47.8 cm³/mol. The molecule has 0 saturated carbocycles. The van der Waals surface area contributed by atoms with E-state index in [4.69, 9.17) is 5.73 Å². The van der Waals surface area contributed by atoms with E-state index in [2.05, 4.69) is 0 Å². The van der Waals surface area contributed by atoms with Crippen molar-refractivity contribution in [1.82, 2.24) is 0 Å². The SMILES string of the molecule is CS(=O)(=O)C(CN)CSP(=O)([O-])[O-].[Li+].[Li+]. The topological polar surface area (TPSA) is 123 Å². The normalized spacial score (nSPS) is 13.6. The van der Waals surface area contributed by atoms with Crippen molar-refractivity contribution in [3.05, 3.63) is 0 Å². The second-order valence-corrected chi connectivity index (χ2v) is 8.36. The molecule has 6 nitrogen and oxygen atoms in total. The van der Waals surface area contributed by atoms with Crippen LogP contribution < -0.4 is 53.2 Å². The zero-order valence-corrected chi connectivity index (χ0v) is 11.4. The van der Waals surface area contributed by atoms with Gasteiger partial charge in [-0.3, -0.25) is 0 Å². The molecule has 80 valence electrons. The van der Waals surface area contributed by atoms with Gasteiger partial charge >= 0.3 is 37.7 Å². The molecule has 0 aliphatic rings. The van der Waals surface area contributed by atoms with E-state index >= 15 is 0 Å². The van der Waals surface area contributed by atoms with Crippen LogP contribution in [0.5, 0.6) is 0 Å². The quantitative estimate of drug-likeness (QED) is 0.385. The summed E-state index contributed by atoms with van der Waals surface area (Å²) in [6, 6.07) is 0. The van der Waals surface area contributed by atoms with Crippen LogP contribution >= 0.6 is 18.2 Å². The van der Waals surface area contributed by atoms with Crippen molar-refractivity contribution in [2.24, 2.45) is 5.73 Å². The maximum atomic E-state index is 10.9. The summed E-state index contributed by atoms with van der Waals surface area (Å²) in [6.07, 6.45) is 0.950. The monoisotopic (exact) mass is 261 g/mol. The van der Waals surface area contributed by atoms with E-state index < -0.39 is 21.9 Å². The zero-order chi connectivity index (χ0) is 10.7. The van der Waals surface area contributed by atoms with Crippen LogP contribution in [0.3, 0.4) is 0 Å². The first-order chi connectivity index (χ1) is 5.67. The molecule has 0 aliphatic carbocycles. The summed E-state index contributed by atoms with van der Waals surface area (Å²) in [5, 5.41) is -0.978. The second kappa shape index (κ2) is 8.66.